The first-order valence-corrected chi connectivity index (χ1v) is 4.29. The highest BCUT2D eigenvalue weighted by Crippen LogP contribution is 2.08. The number of ether oxygens (including phenoxy) is 1. The van der Waals surface area contributed by atoms with Crippen LogP contribution in [0.4, 0.5) is 0 Å². The minimum absolute atomic E-state index is 0.316. The van der Waals surface area contributed by atoms with E-state index in [1.165, 1.54) is 0 Å². The molecule has 0 amide bonds. The predicted molar refractivity (Wildman–Crippen MR) is 52.8 cm³/mol. The van der Waals surface area contributed by atoms with E-state index in [2.05, 4.69) is 6.58 Å². The minimum atomic E-state index is -0.460. The molecule has 0 spiro atoms. The Morgan fingerprint density at radius 1 is 1.38 bits per heavy atom. The summed E-state index contributed by atoms with van der Waals surface area (Å²) in [7, 11) is 0. The Hall–Kier alpha value is -1.28. The molecule has 0 aliphatic carbocycles. The fraction of sp³-hybridized carbons (Fsp3) is 0.273. The van der Waals surface area contributed by atoms with Gasteiger partial charge in [-0.2, -0.15) is 0 Å². The van der Waals surface area contributed by atoms with Crippen molar-refractivity contribution in [3.8, 4) is 5.75 Å². The number of hydrogen-bond donors (Lipinski definition) is 1. The van der Waals surface area contributed by atoms with Crippen LogP contribution >= 0.6 is 0 Å². The van der Waals surface area contributed by atoms with Crippen LogP contribution in [0.3, 0.4) is 0 Å². The van der Waals surface area contributed by atoms with Crippen LogP contribution in [0.5, 0.6) is 5.75 Å². The van der Waals surface area contributed by atoms with Gasteiger partial charge in [0.15, 0.2) is 0 Å². The van der Waals surface area contributed by atoms with Crippen molar-refractivity contribution in [1.82, 2.24) is 0 Å². The van der Waals surface area contributed by atoms with Gasteiger partial charge in [0.05, 0.1) is 6.10 Å². The lowest BCUT2D eigenvalue weighted by atomic mass is 10.3. The zero-order valence-electron chi connectivity index (χ0n) is 7.52. The van der Waals surface area contributed by atoms with Crippen LogP contribution in [0, 0.1) is 0 Å². The van der Waals surface area contributed by atoms with E-state index in [1.807, 2.05) is 30.3 Å². The summed E-state index contributed by atoms with van der Waals surface area (Å²) in [4.78, 5) is 0. The van der Waals surface area contributed by atoms with Crippen LogP contribution in [-0.2, 0) is 0 Å². The lowest BCUT2D eigenvalue weighted by Gasteiger charge is -2.09. The average Bonchev–Trinajstić information content (AvgIpc) is 2.17. The molecule has 2 heteroatoms. The molecule has 70 valence electrons. The van der Waals surface area contributed by atoms with Gasteiger partial charge in [0.1, 0.15) is 12.4 Å². The van der Waals surface area contributed by atoms with E-state index in [0.29, 0.717) is 13.0 Å². The molecule has 1 rings (SSSR count). The average molecular weight is 178 g/mol. The van der Waals surface area contributed by atoms with Crippen LogP contribution in [0.2, 0.25) is 0 Å². The van der Waals surface area contributed by atoms with E-state index in [1.54, 1.807) is 6.08 Å². The largest absolute Gasteiger partial charge is 0.491 e. The molecule has 1 aromatic carbocycles. The monoisotopic (exact) mass is 178 g/mol. The Kier molecular flexibility index (Phi) is 4.06. The van der Waals surface area contributed by atoms with Crippen molar-refractivity contribution in [2.24, 2.45) is 0 Å². The van der Waals surface area contributed by atoms with Crippen molar-refractivity contribution in [2.75, 3.05) is 6.61 Å². The quantitative estimate of drug-likeness (QED) is 0.699. The van der Waals surface area contributed by atoms with Crippen LogP contribution in [-0.4, -0.2) is 17.8 Å². The fourth-order valence-electron chi connectivity index (χ4n) is 0.970. The van der Waals surface area contributed by atoms with Crippen molar-refractivity contribution >= 4 is 0 Å². The maximum Gasteiger partial charge on any atom is 0.119 e. The van der Waals surface area contributed by atoms with Crippen molar-refractivity contribution in [1.29, 1.82) is 0 Å². The molecule has 0 heterocycles. The zero-order chi connectivity index (χ0) is 9.52. The highest BCUT2D eigenvalue weighted by molar-refractivity contribution is 5.20. The standard InChI is InChI=1S/C11H14O2/c1-2-6-10(12)9-13-11-7-4-3-5-8-11/h2-5,7-8,10,12H,1,6,9H2. The number of rotatable bonds is 5. The number of aliphatic hydroxyl groups is 1. The first-order valence-electron chi connectivity index (χ1n) is 4.29. The predicted octanol–water partition coefficient (Wildman–Crippen LogP) is 2.00. The first kappa shape index (κ1) is 9.81. The molecular weight excluding hydrogens is 164 g/mol. The Bertz CT molecular complexity index is 244. The molecule has 0 saturated heterocycles. The van der Waals surface area contributed by atoms with Gasteiger partial charge < -0.3 is 9.84 Å². The number of hydrogen-bond acceptors (Lipinski definition) is 2. The molecule has 0 aliphatic heterocycles. The first-order chi connectivity index (χ1) is 6.33. The number of aliphatic hydroxyl groups excluding tert-OH is 1. The lowest BCUT2D eigenvalue weighted by molar-refractivity contribution is 0.110. The third kappa shape index (κ3) is 3.76. The molecule has 1 atom stereocenters. The van der Waals surface area contributed by atoms with Gasteiger partial charge >= 0.3 is 0 Å². The summed E-state index contributed by atoms with van der Waals surface area (Å²) in [6, 6.07) is 9.44. The van der Waals surface area contributed by atoms with Gasteiger partial charge in [0.25, 0.3) is 0 Å². The summed E-state index contributed by atoms with van der Waals surface area (Å²) >= 11 is 0. The lowest BCUT2D eigenvalue weighted by Crippen LogP contribution is -2.16. The Morgan fingerprint density at radius 3 is 2.69 bits per heavy atom. The van der Waals surface area contributed by atoms with E-state index in [0.717, 1.165) is 5.75 Å². The Morgan fingerprint density at radius 2 is 2.08 bits per heavy atom. The molecule has 0 fully saturated rings. The van der Waals surface area contributed by atoms with Gasteiger partial charge in [-0.15, -0.1) is 6.58 Å². The number of benzene rings is 1. The van der Waals surface area contributed by atoms with Crippen LogP contribution in [0.15, 0.2) is 43.0 Å². The van der Waals surface area contributed by atoms with E-state index < -0.39 is 6.10 Å². The summed E-state index contributed by atoms with van der Waals surface area (Å²) in [6.07, 6.45) is 1.78. The molecule has 1 unspecified atom stereocenters. The fourth-order valence-corrected chi connectivity index (χ4v) is 0.970. The van der Waals surface area contributed by atoms with Crippen LogP contribution in [0.25, 0.3) is 0 Å². The van der Waals surface area contributed by atoms with E-state index in [-0.39, 0.29) is 0 Å². The van der Waals surface area contributed by atoms with E-state index in [9.17, 15) is 5.11 Å². The van der Waals surface area contributed by atoms with Crippen molar-refractivity contribution in [2.45, 2.75) is 12.5 Å². The second-order valence-corrected chi connectivity index (χ2v) is 2.80. The normalized spacial score (nSPS) is 12.1. The van der Waals surface area contributed by atoms with E-state index >= 15 is 0 Å². The third-order valence-electron chi connectivity index (χ3n) is 1.62. The molecule has 1 aromatic rings. The highest BCUT2D eigenvalue weighted by atomic mass is 16.5. The minimum Gasteiger partial charge on any atom is -0.491 e. The molecule has 0 bridgehead atoms. The van der Waals surface area contributed by atoms with Crippen molar-refractivity contribution in [3.63, 3.8) is 0 Å². The molecule has 1 N–H and O–H groups in total. The SMILES string of the molecule is C=CCC(O)COc1ccccc1. The molecule has 13 heavy (non-hydrogen) atoms. The van der Waals surface area contributed by atoms with Gasteiger partial charge in [-0.05, 0) is 18.6 Å². The summed E-state index contributed by atoms with van der Waals surface area (Å²) in [5.41, 5.74) is 0. The smallest absolute Gasteiger partial charge is 0.119 e. The van der Waals surface area contributed by atoms with Crippen molar-refractivity contribution in [3.05, 3.63) is 43.0 Å². The molecule has 2 nitrogen and oxygen atoms in total. The molecule has 0 aromatic heterocycles. The second-order valence-electron chi connectivity index (χ2n) is 2.80. The van der Waals surface area contributed by atoms with Crippen LogP contribution < -0.4 is 4.74 Å². The highest BCUT2D eigenvalue weighted by Gasteiger charge is 2.01. The summed E-state index contributed by atoms with van der Waals surface area (Å²) in [5.74, 6) is 0.783. The second kappa shape index (κ2) is 5.38. The van der Waals surface area contributed by atoms with Gasteiger partial charge in [-0.1, -0.05) is 24.3 Å². The third-order valence-corrected chi connectivity index (χ3v) is 1.62. The summed E-state index contributed by atoms with van der Waals surface area (Å²) in [6.45, 7) is 3.86. The maximum atomic E-state index is 9.31. The summed E-state index contributed by atoms with van der Waals surface area (Å²) < 4.78 is 5.32. The van der Waals surface area contributed by atoms with Crippen LogP contribution in [0.1, 0.15) is 6.42 Å². The summed E-state index contributed by atoms with van der Waals surface area (Å²) in [5, 5.41) is 9.31. The molecular formula is C11H14O2. The van der Waals surface area contributed by atoms with Crippen molar-refractivity contribution < 1.29 is 9.84 Å². The van der Waals surface area contributed by atoms with Gasteiger partial charge in [-0.25, -0.2) is 0 Å². The number of para-hydroxylation sites is 1. The Labute approximate surface area is 78.5 Å². The van der Waals surface area contributed by atoms with E-state index in [4.69, 9.17) is 4.74 Å². The zero-order valence-corrected chi connectivity index (χ0v) is 7.52. The topological polar surface area (TPSA) is 29.5 Å². The van der Waals surface area contributed by atoms with Gasteiger partial charge in [0.2, 0.25) is 0 Å². The molecule has 0 saturated carbocycles. The maximum absolute atomic E-state index is 9.31. The Balaban J connectivity index is 2.30. The molecule has 0 aliphatic rings. The van der Waals surface area contributed by atoms with Gasteiger partial charge in [-0.3, -0.25) is 0 Å². The van der Waals surface area contributed by atoms with Gasteiger partial charge in [0, 0.05) is 0 Å². The molecule has 0 radical (unpaired) electrons.